The Bertz CT molecular complexity index is 1110. The number of carboxylic acids is 1. The van der Waals surface area contributed by atoms with Crippen molar-refractivity contribution in [3.63, 3.8) is 0 Å². The lowest BCUT2D eigenvalue weighted by Crippen LogP contribution is -2.28. The van der Waals surface area contributed by atoms with Crippen LogP contribution < -0.4 is 0 Å². The van der Waals surface area contributed by atoms with E-state index >= 15 is 0 Å². The molecule has 2 aromatic carbocycles. The van der Waals surface area contributed by atoms with Crippen molar-refractivity contribution in [2.75, 3.05) is 0 Å². The number of aromatic carboxylic acids is 1. The summed E-state index contributed by atoms with van der Waals surface area (Å²) in [7, 11) is 0. The Morgan fingerprint density at radius 3 is 2.48 bits per heavy atom. The van der Waals surface area contributed by atoms with Crippen LogP contribution in [0.25, 0.3) is 11.5 Å². The van der Waals surface area contributed by atoms with Gasteiger partial charge in [-0.2, -0.15) is 0 Å². The molecule has 1 N–H and O–H groups in total. The summed E-state index contributed by atoms with van der Waals surface area (Å²) in [6.45, 7) is 4.23. The van der Waals surface area contributed by atoms with Crippen molar-refractivity contribution in [3.05, 3.63) is 76.4 Å². The number of carboxylic acid groups (broad SMARTS) is 1. The third-order valence-corrected chi connectivity index (χ3v) is 6.07. The predicted octanol–water partition coefficient (Wildman–Crippen LogP) is 5.84. The lowest BCUT2D eigenvalue weighted by molar-refractivity contribution is -0.0564. The number of aromatic nitrogens is 1. The maximum atomic E-state index is 13.2. The highest BCUT2D eigenvalue weighted by atomic mass is 19.1. The summed E-state index contributed by atoms with van der Waals surface area (Å²) in [5.74, 6) is -0.109. The number of hydrogen-bond acceptors (Lipinski definition) is 5. The zero-order chi connectivity index (χ0) is 23.4. The highest BCUT2D eigenvalue weighted by Crippen LogP contribution is 2.28. The summed E-state index contributed by atoms with van der Waals surface area (Å²) in [5, 5.41) is 9.51. The van der Waals surface area contributed by atoms with Crippen LogP contribution in [0.4, 0.5) is 4.39 Å². The number of ether oxygens (including phenoxy) is 2. The van der Waals surface area contributed by atoms with Gasteiger partial charge >= 0.3 is 5.97 Å². The first-order valence-corrected chi connectivity index (χ1v) is 11.2. The van der Waals surface area contributed by atoms with Crippen LogP contribution >= 0.6 is 0 Å². The van der Waals surface area contributed by atoms with Crippen LogP contribution in [0.3, 0.4) is 0 Å². The van der Waals surface area contributed by atoms with Gasteiger partial charge in [0.15, 0.2) is 0 Å². The Hall–Kier alpha value is -3.03. The lowest BCUT2D eigenvalue weighted by atomic mass is 9.94. The predicted molar refractivity (Wildman–Crippen MR) is 120 cm³/mol. The first-order chi connectivity index (χ1) is 15.9. The third-order valence-electron chi connectivity index (χ3n) is 6.07. The maximum absolute atomic E-state index is 13.2. The molecule has 6 nitrogen and oxygen atoms in total. The summed E-state index contributed by atoms with van der Waals surface area (Å²) in [6, 6.07) is 11.5. The second-order valence-corrected chi connectivity index (χ2v) is 8.48. The fourth-order valence-electron chi connectivity index (χ4n) is 4.24. The molecule has 1 saturated carbocycles. The topological polar surface area (TPSA) is 81.8 Å². The zero-order valence-electron chi connectivity index (χ0n) is 18.8. The largest absolute Gasteiger partial charge is 0.478 e. The number of hydrogen-bond donors (Lipinski definition) is 1. The molecule has 1 heterocycles. The van der Waals surface area contributed by atoms with E-state index in [0.29, 0.717) is 34.9 Å². The van der Waals surface area contributed by atoms with Crippen molar-refractivity contribution < 1.29 is 28.2 Å². The van der Waals surface area contributed by atoms with Crippen LogP contribution in [0.2, 0.25) is 0 Å². The molecule has 1 aliphatic carbocycles. The van der Waals surface area contributed by atoms with Gasteiger partial charge < -0.3 is 19.0 Å². The van der Waals surface area contributed by atoms with E-state index in [0.717, 1.165) is 36.9 Å². The summed E-state index contributed by atoms with van der Waals surface area (Å²) in [4.78, 5) is 16.1. The molecule has 3 aromatic rings. The van der Waals surface area contributed by atoms with Gasteiger partial charge in [0.05, 0.1) is 31.0 Å². The first-order valence-electron chi connectivity index (χ1n) is 11.2. The van der Waals surface area contributed by atoms with E-state index in [-0.39, 0.29) is 24.6 Å². The zero-order valence-corrected chi connectivity index (χ0v) is 18.8. The number of aryl methyl sites for hydroxylation is 2. The maximum Gasteiger partial charge on any atom is 0.336 e. The monoisotopic (exact) mass is 453 g/mol. The van der Waals surface area contributed by atoms with Gasteiger partial charge in [-0.25, -0.2) is 14.2 Å². The minimum absolute atomic E-state index is 0.0130. The van der Waals surface area contributed by atoms with E-state index in [9.17, 15) is 14.3 Å². The molecular formula is C26H28FNO5. The molecule has 1 aliphatic rings. The fourth-order valence-corrected chi connectivity index (χ4v) is 4.24. The van der Waals surface area contributed by atoms with Crippen LogP contribution in [0.15, 0.2) is 46.9 Å². The second-order valence-electron chi connectivity index (χ2n) is 8.48. The van der Waals surface area contributed by atoms with Gasteiger partial charge in [0, 0.05) is 5.56 Å². The molecule has 1 fully saturated rings. The van der Waals surface area contributed by atoms with Gasteiger partial charge in [0.2, 0.25) is 5.89 Å². The highest BCUT2D eigenvalue weighted by Gasteiger charge is 2.25. The van der Waals surface area contributed by atoms with E-state index < -0.39 is 5.97 Å². The highest BCUT2D eigenvalue weighted by molar-refractivity contribution is 5.91. The summed E-state index contributed by atoms with van der Waals surface area (Å²) in [6.07, 6.45) is 3.63. The van der Waals surface area contributed by atoms with Crippen molar-refractivity contribution in [2.24, 2.45) is 0 Å². The molecule has 0 amide bonds. The minimum atomic E-state index is -0.931. The van der Waals surface area contributed by atoms with Crippen LogP contribution in [-0.4, -0.2) is 28.3 Å². The van der Waals surface area contributed by atoms with Crippen LogP contribution in [-0.2, 0) is 22.7 Å². The number of carbonyl (C=O) groups is 1. The second kappa shape index (κ2) is 10.3. The summed E-state index contributed by atoms with van der Waals surface area (Å²) in [5.41, 5.74) is 3.19. The van der Waals surface area contributed by atoms with E-state index in [2.05, 4.69) is 4.98 Å². The number of oxazole rings is 1. The molecule has 33 heavy (non-hydrogen) atoms. The van der Waals surface area contributed by atoms with Crippen molar-refractivity contribution in [1.29, 1.82) is 0 Å². The normalized spacial score (nSPS) is 18.4. The molecular weight excluding hydrogens is 425 g/mol. The van der Waals surface area contributed by atoms with E-state index in [1.807, 2.05) is 13.0 Å². The molecule has 0 spiro atoms. The van der Waals surface area contributed by atoms with Gasteiger partial charge in [0.1, 0.15) is 17.3 Å². The van der Waals surface area contributed by atoms with E-state index in [1.165, 1.54) is 12.1 Å². The van der Waals surface area contributed by atoms with Crippen LogP contribution in [0.5, 0.6) is 0 Å². The average molecular weight is 454 g/mol. The molecule has 4 rings (SSSR count). The van der Waals surface area contributed by atoms with Crippen LogP contribution in [0.1, 0.15) is 58.6 Å². The Kier molecular flexibility index (Phi) is 7.20. The van der Waals surface area contributed by atoms with E-state index in [4.69, 9.17) is 13.9 Å². The smallest absolute Gasteiger partial charge is 0.336 e. The molecule has 0 saturated heterocycles. The van der Waals surface area contributed by atoms with Gasteiger partial charge in [-0.15, -0.1) is 0 Å². The van der Waals surface area contributed by atoms with Crippen molar-refractivity contribution in [3.8, 4) is 11.5 Å². The standard InChI is InChI=1S/C26H28FNO5/c1-16-5-3-6-19(24(16)26(29)30)14-31-21-7-4-8-22(13-21)32-15-23-17(2)33-25(28-23)18-9-11-20(27)12-10-18/h3,5-6,9-12,21-22H,4,7-8,13-15H2,1-2H3,(H,29,30). The molecule has 2 atom stereocenters. The Morgan fingerprint density at radius 1 is 1.09 bits per heavy atom. The molecule has 174 valence electrons. The Morgan fingerprint density at radius 2 is 1.79 bits per heavy atom. The number of nitrogens with zero attached hydrogens (tertiary/aromatic N) is 1. The number of rotatable bonds is 8. The van der Waals surface area contributed by atoms with Gasteiger partial charge in [-0.05, 0) is 74.9 Å². The Labute approximate surface area is 192 Å². The molecule has 1 aromatic heterocycles. The number of benzene rings is 2. The first kappa shape index (κ1) is 23.1. The molecule has 0 bridgehead atoms. The SMILES string of the molecule is Cc1cccc(COC2CCCC(OCc3nc(-c4ccc(F)cc4)oc3C)C2)c1C(=O)O. The lowest BCUT2D eigenvalue weighted by Gasteiger charge is -2.29. The summed E-state index contributed by atoms with van der Waals surface area (Å²) >= 11 is 0. The molecule has 0 radical (unpaired) electrons. The van der Waals surface area contributed by atoms with E-state index in [1.54, 1.807) is 31.2 Å². The fraction of sp³-hybridized carbons (Fsp3) is 0.385. The summed E-state index contributed by atoms with van der Waals surface area (Å²) < 4.78 is 31.1. The third kappa shape index (κ3) is 5.67. The minimum Gasteiger partial charge on any atom is -0.478 e. The van der Waals surface area contributed by atoms with Gasteiger partial charge in [-0.3, -0.25) is 0 Å². The van der Waals surface area contributed by atoms with Crippen molar-refractivity contribution in [2.45, 2.75) is 65.0 Å². The average Bonchev–Trinajstić information content (AvgIpc) is 3.17. The van der Waals surface area contributed by atoms with Crippen molar-refractivity contribution >= 4 is 5.97 Å². The van der Waals surface area contributed by atoms with Crippen molar-refractivity contribution in [1.82, 2.24) is 4.98 Å². The van der Waals surface area contributed by atoms with Gasteiger partial charge in [-0.1, -0.05) is 18.2 Å². The van der Waals surface area contributed by atoms with Crippen LogP contribution in [0, 0.1) is 19.7 Å². The number of halogens is 1. The quantitative estimate of drug-likeness (QED) is 0.461. The molecule has 7 heteroatoms. The Balaban J connectivity index is 1.32. The molecule has 0 aliphatic heterocycles. The van der Waals surface area contributed by atoms with Gasteiger partial charge in [0.25, 0.3) is 0 Å². The molecule has 2 unspecified atom stereocenters.